The topological polar surface area (TPSA) is 29.9 Å². The summed E-state index contributed by atoms with van der Waals surface area (Å²) in [4.78, 5) is 4.39. The number of fused-ring (bicyclic) bond motifs is 3. The monoisotopic (exact) mass is 275 g/mol. The smallest absolute Gasteiger partial charge is 0.122 e. The molecule has 3 nitrogen and oxygen atoms in total. The van der Waals surface area contributed by atoms with Crippen LogP contribution < -0.4 is 5.32 Å². The second-order valence-electron chi connectivity index (χ2n) is 5.44. The Morgan fingerprint density at radius 1 is 1.00 bits per heavy atom. The van der Waals surface area contributed by atoms with Crippen molar-refractivity contribution >= 4 is 0 Å². The standard InChI is InChI=1S/C18H17N3/c1-21-11-10-19-17(21)12-20-18-15-8-4-2-6-13(15)14-7-3-5-9-16(14)18/h2-11,18,20H,12H2,1H3. The van der Waals surface area contributed by atoms with Crippen LogP contribution in [-0.2, 0) is 13.6 Å². The van der Waals surface area contributed by atoms with E-state index in [0.717, 1.165) is 12.4 Å². The molecule has 0 saturated carbocycles. The van der Waals surface area contributed by atoms with Crippen LogP contribution in [0.15, 0.2) is 60.9 Å². The molecule has 0 spiro atoms. The van der Waals surface area contributed by atoms with E-state index in [9.17, 15) is 0 Å². The van der Waals surface area contributed by atoms with Crippen molar-refractivity contribution in [2.75, 3.05) is 0 Å². The molecule has 0 unspecified atom stereocenters. The molecule has 1 aliphatic rings. The average molecular weight is 275 g/mol. The van der Waals surface area contributed by atoms with E-state index in [1.165, 1.54) is 22.3 Å². The molecule has 0 aliphatic heterocycles. The van der Waals surface area contributed by atoms with E-state index >= 15 is 0 Å². The third-order valence-corrected chi connectivity index (χ3v) is 4.22. The number of hydrogen-bond donors (Lipinski definition) is 1. The lowest BCUT2D eigenvalue weighted by Gasteiger charge is -2.15. The van der Waals surface area contributed by atoms with Crippen LogP contribution in [0, 0.1) is 0 Å². The Morgan fingerprint density at radius 3 is 2.19 bits per heavy atom. The van der Waals surface area contributed by atoms with Crippen LogP contribution in [0.2, 0.25) is 0 Å². The van der Waals surface area contributed by atoms with Crippen molar-refractivity contribution in [2.45, 2.75) is 12.6 Å². The van der Waals surface area contributed by atoms with Gasteiger partial charge >= 0.3 is 0 Å². The lowest BCUT2D eigenvalue weighted by molar-refractivity contribution is 0.582. The number of imidazole rings is 1. The highest BCUT2D eigenvalue weighted by molar-refractivity contribution is 5.78. The maximum absolute atomic E-state index is 4.39. The Balaban J connectivity index is 1.70. The second-order valence-corrected chi connectivity index (χ2v) is 5.44. The van der Waals surface area contributed by atoms with Gasteiger partial charge in [-0.3, -0.25) is 5.32 Å². The number of aromatic nitrogens is 2. The summed E-state index contributed by atoms with van der Waals surface area (Å²) in [5, 5.41) is 3.65. The highest BCUT2D eigenvalue weighted by Gasteiger charge is 2.27. The maximum atomic E-state index is 4.39. The molecule has 0 atom stereocenters. The minimum Gasteiger partial charge on any atom is -0.337 e. The van der Waals surface area contributed by atoms with E-state index in [-0.39, 0.29) is 6.04 Å². The van der Waals surface area contributed by atoms with Crippen LogP contribution in [0.4, 0.5) is 0 Å². The predicted molar refractivity (Wildman–Crippen MR) is 83.8 cm³/mol. The summed E-state index contributed by atoms with van der Waals surface area (Å²) >= 11 is 0. The number of nitrogens with zero attached hydrogens (tertiary/aromatic N) is 2. The molecule has 0 amide bonds. The van der Waals surface area contributed by atoms with E-state index in [2.05, 4.69) is 63.4 Å². The van der Waals surface area contributed by atoms with Gasteiger partial charge in [-0.25, -0.2) is 4.98 Å². The number of rotatable bonds is 3. The van der Waals surface area contributed by atoms with Gasteiger partial charge in [0.1, 0.15) is 5.82 Å². The van der Waals surface area contributed by atoms with Gasteiger partial charge in [0.05, 0.1) is 12.6 Å². The molecule has 0 saturated heterocycles. The van der Waals surface area contributed by atoms with Crippen LogP contribution in [-0.4, -0.2) is 9.55 Å². The summed E-state index contributed by atoms with van der Waals surface area (Å²) in [7, 11) is 2.03. The number of nitrogens with one attached hydrogen (secondary N) is 1. The first-order valence-corrected chi connectivity index (χ1v) is 7.22. The van der Waals surface area contributed by atoms with E-state index in [4.69, 9.17) is 0 Å². The molecule has 1 aromatic heterocycles. The van der Waals surface area contributed by atoms with Gasteiger partial charge in [-0.2, -0.15) is 0 Å². The van der Waals surface area contributed by atoms with Crippen molar-refractivity contribution in [3.63, 3.8) is 0 Å². The van der Waals surface area contributed by atoms with E-state index in [0.29, 0.717) is 0 Å². The highest BCUT2D eigenvalue weighted by Crippen LogP contribution is 2.42. The lowest BCUT2D eigenvalue weighted by atomic mass is 10.1. The number of aryl methyl sites for hydroxylation is 1. The Morgan fingerprint density at radius 2 is 1.62 bits per heavy atom. The van der Waals surface area contributed by atoms with Crippen molar-refractivity contribution < 1.29 is 0 Å². The molecule has 3 aromatic rings. The van der Waals surface area contributed by atoms with Gasteiger partial charge in [-0.15, -0.1) is 0 Å². The maximum Gasteiger partial charge on any atom is 0.122 e. The van der Waals surface area contributed by atoms with Gasteiger partial charge < -0.3 is 4.57 Å². The third kappa shape index (κ3) is 1.98. The highest BCUT2D eigenvalue weighted by atomic mass is 15.1. The van der Waals surface area contributed by atoms with Gasteiger partial charge in [0.15, 0.2) is 0 Å². The zero-order chi connectivity index (χ0) is 14.2. The molecular formula is C18H17N3. The van der Waals surface area contributed by atoms with Crippen LogP contribution in [0.3, 0.4) is 0 Å². The van der Waals surface area contributed by atoms with Crippen LogP contribution in [0.5, 0.6) is 0 Å². The summed E-state index contributed by atoms with van der Waals surface area (Å²) in [6.07, 6.45) is 3.82. The zero-order valence-corrected chi connectivity index (χ0v) is 12.0. The minimum atomic E-state index is 0.245. The summed E-state index contributed by atoms with van der Waals surface area (Å²) in [5.41, 5.74) is 5.39. The summed E-state index contributed by atoms with van der Waals surface area (Å²) < 4.78 is 2.06. The number of hydrogen-bond acceptors (Lipinski definition) is 2. The van der Waals surface area contributed by atoms with Crippen LogP contribution >= 0.6 is 0 Å². The largest absolute Gasteiger partial charge is 0.337 e. The first-order valence-electron chi connectivity index (χ1n) is 7.22. The van der Waals surface area contributed by atoms with Gasteiger partial charge in [0.2, 0.25) is 0 Å². The van der Waals surface area contributed by atoms with Gasteiger partial charge in [-0.05, 0) is 22.3 Å². The van der Waals surface area contributed by atoms with Crippen molar-refractivity contribution in [1.82, 2.24) is 14.9 Å². The molecule has 1 N–H and O–H groups in total. The Labute approximate surface area is 124 Å². The quantitative estimate of drug-likeness (QED) is 0.795. The van der Waals surface area contributed by atoms with Gasteiger partial charge in [0, 0.05) is 19.4 Å². The molecule has 21 heavy (non-hydrogen) atoms. The average Bonchev–Trinajstić information content (AvgIpc) is 3.07. The van der Waals surface area contributed by atoms with Crippen LogP contribution in [0.25, 0.3) is 11.1 Å². The fraction of sp³-hybridized carbons (Fsp3) is 0.167. The second kappa shape index (κ2) is 4.86. The Kier molecular flexibility index (Phi) is 2.86. The molecular weight excluding hydrogens is 258 g/mol. The van der Waals surface area contributed by atoms with Crippen molar-refractivity contribution in [3.05, 3.63) is 77.9 Å². The Hall–Kier alpha value is -2.39. The molecule has 0 fully saturated rings. The van der Waals surface area contributed by atoms with Crippen molar-refractivity contribution in [1.29, 1.82) is 0 Å². The molecule has 104 valence electrons. The number of benzene rings is 2. The predicted octanol–water partition coefficient (Wildman–Crippen LogP) is 3.28. The lowest BCUT2D eigenvalue weighted by Crippen LogP contribution is -2.21. The molecule has 1 heterocycles. The SMILES string of the molecule is Cn1ccnc1CNC1c2ccccc2-c2ccccc21. The fourth-order valence-electron chi connectivity index (χ4n) is 3.14. The molecule has 1 aliphatic carbocycles. The molecule has 3 heteroatoms. The molecule has 0 radical (unpaired) electrons. The van der Waals surface area contributed by atoms with Crippen molar-refractivity contribution in [3.8, 4) is 11.1 Å². The normalized spacial score (nSPS) is 13.2. The molecule has 4 rings (SSSR count). The summed E-state index contributed by atoms with van der Waals surface area (Å²) in [6.45, 7) is 0.761. The summed E-state index contributed by atoms with van der Waals surface area (Å²) in [6, 6.07) is 17.5. The third-order valence-electron chi connectivity index (χ3n) is 4.22. The van der Waals surface area contributed by atoms with E-state index in [1.807, 2.05) is 19.4 Å². The first-order chi connectivity index (χ1) is 10.3. The molecule has 0 bridgehead atoms. The van der Waals surface area contributed by atoms with Gasteiger partial charge in [-0.1, -0.05) is 48.5 Å². The minimum absolute atomic E-state index is 0.245. The fourth-order valence-corrected chi connectivity index (χ4v) is 3.14. The zero-order valence-electron chi connectivity index (χ0n) is 12.0. The van der Waals surface area contributed by atoms with E-state index in [1.54, 1.807) is 0 Å². The van der Waals surface area contributed by atoms with Crippen molar-refractivity contribution in [2.24, 2.45) is 7.05 Å². The molecule has 2 aromatic carbocycles. The van der Waals surface area contributed by atoms with E-state index < -0.39 is 0 Å². The Bertz CT molecular complexity index is 743. The van der Waals surface area contributed by atoms with Gasteiger partial charge in [0.25, 0.3) is 0 Å². The summed E-state index contributed by atoms with van der Waals surface area (Å²) in [5.74, 6) is 1.05. The van der Waals surface area contributed by atoms with Crippen LogP contribution in [0.1, 0.15) is 23.0 Å². The first kappa shape index (κ1) is 12.4.